The molecule has 0 spiro atoms. The molecule has 0 saturated carbocycles. The molecule has 2 fully saturated rings. The van der Waals surface area contributed by atoms with Gasteiger partial charge in [-0.15, -0.1) is 0 Å². The number of nitrogens with one attached hydrogen (secondary N) is 1. The molecule has 6 aromatic rings. The van der Waals surface area contributed by atoms with Crippen LogP contribution in [0.1, 0.15) is 60.4 Å². The lowest BCUT2D eigenvalue weighted by atomic mass is 10.1. The second-order valence-corrected chi connectivity index (χ2v) is 24.8. The summed E-state index contributed by atoms with van der Waals surface area (Å²) in [7, 11) is -3.08. The largest absolute Gasteiger partial charge is 0.492 e. The lowest BCUT2D eigenvalue weighted by Gasteiger charge is -2.35. The number of sulfone groups is 1. The first-order valence-electron chi connectivity index (χ1n) is 27.2. The molecule has 0 aliphatic carbocycles. The molecule has 0 radical (unpaired) electrons. The van der Waals surface area contributed by atoms with Gasteiger partial charge in [0.25, 0.3) is 0 Å². The summed E-state index contributed by atoms with van der Waals surface area (Å²) >= 11 is 36.0. The van der Waals surface area contributed by atoms with E-state index in [1.807, 2.05) is 59.5 Å². The fourth-order valence-electron chi connectivity index (χ4n) is 9.01. The first kappa shape index (κ1) is 64.9. The lowest BCUT2D eigenvalue weighted by Crippen LogP contribution is -2.52. The third kappa shape index (κ3) is 22.1. The monoisotopic (exact) mass is 1240 g/mol. The van der Waals surface area contributed by atoms with Gasteiger partial charge in [0.1, 0.15) is 18.9 Å². The first-order valence-corrected chi connectivity index (χ1v) is 31.5. The van der Waals surface area contributed by atoms with Crippen LogP contribution in [0, 0.1) is 13.8 Å². The molecule has 2 aliphatic heterocycles. The zero-order valence-corrected chi connectivity index (χ0v) is 51.8. The van der Waals surface area contributed by atoms with Crippen LogP contribution < -0.4 is 19.9 Å². The topological polar surface area (TPSA) is 123 Å². The molecular weight excluding hydrogens is 1170 g/mol. The highest BCUT2D eigenvalue weighted by atomic mass is 35.5. The molecule has 3 amide bonds. The van der Waals surface area contributed by atoms with Gasteiger partial charge in [-0.2, -0.15) is 0 Å². The molecule has 6 aromatic carbocycles. The highest BCUT2D eigenvalue weighted by Crippen LogP contribution is 2.30. The number of hydrogen-bond donors (Lipinski definition) is 1. The van der Waals surface area contributed by atoms with E-state index >= 15 is 0 Å². The summed E-state index contributed by atoms with van der Waals surface area (Å²) in [6.07, 6.45) is 6.38. The third-order valence-electron chi connectivity index (χ3n) is 13.7. The third-order valence-corrected chi connectivity index (χ3v) is 16.7. The van der Waals surface area contributed by atoms with E-state index in [1.54, 1.807) is 46.2 Å². The number of amides is 3. The number of nitrogens with zero attached hydrogens (tertiary/aromatic N) is 5. The van der Waals surface area contributed by atoms with E-state index in [0.29, 0.717) is 68.5 Å². The molecule has 1 N–H and O–H groups in total. The molecule has 2 aliphatic rings. The van der Waals surface area contributed by atoms with Gasteiger partial charge in [-0.25, -0.2) is 8.42 Å². The van der Waals surface area contributed by atoms with Crippen molar-refractivity contribution >= 4 is 114 Å². The highest BCUT2D eigenvalue weighted by Gasteiger charge is 2.28. The van der Waals surface area contributed by atoms with Crippen molar-refractivity contribution in [3.63, 3.8) is 0 Å². The summed E-state index contributed by atoms with van der Waals surface area (Å²) in [5, 5.41) is 6.42. The van der Waals surface area contributed by atoms with Crippen LogP contribution in [0.3, 0.4) is 0 Å². The molecule has 8 rings (SSSR count). The molecule has 0 unspecified atom stereocenters. The zero-order valence-electron chi connectivity index (χ0n) is 46.4. The minimum Gasteiger partial charge on any atom is -0.492 e. The Morgan fingerprint density at radius 3 is 1.79 bits per heavy atom. The summed E-state index contributed by atoms with van der Waals surface area (Å²) in [6.45, 7) is 14.5. The number of unbranched alkanes of at least 4 members (excludes halogenated alkanes) is 1. The van der Waals surface area contributed by atoms with Gasteiger partial charge in [0, 0.05) is 82.1 Å². The number of rotatable bonds is 22. The van der Waals surface area contributed by atoms with Crippen molar-refractivity contribution in [2.24, 2.45) is 0 Å². The van der Waals surface area contributed by atoms with Crippen molar-refractivity contribution < 1.29 is 27.5 Å². The summed E-state index contributed by atoms with van der Waals surface area (Å²) in [5.74, 6) is 0.842. The molecule has 0 bridgehead atoms. The van der Waals surface area contributed by atoms with Crippen molar-refractivity contribution in [1.29, 1.82) is 0 Å². The molecule has 0 atom stereocenters. The van der Waals surface area contributed by atoms with Crippen molar-refractivity contribution in [3.8, 4) is 5.75 Å². The molecule has 2 saturated heterocycles. The van der Waals surface area contributed by atoms with Crippen LogP contribution >= 0.6 is 69.6 Å². The van der Waals surface area contributed by atoms with Crippen LogP contribution in [-0.4, -0.2) is 126 Å². The zero-order chi connectivity index (χ0) is 58.5. The molecule has 0 aromatic heterocycles. The Kier molecular flexibility index (Phi) is 26.1. The number of anilines is 3. The number of carbonyl (C=O) groups is 3. The van der Waals surface area contributed by atoms with Gasteiger partial charge >= 0.3 is 0 Å². The lowest BCUT2D eigenvalue weighted by molar-refractivity contribution is -0.136. The predicted molar refractivity (Wildman–Crippen MR) is 336 cm³/mol. The maximum atomic E-state index is 12.6. The van der Waals surface area contributed by atoms with E-state index in [-0.39, 0.29) is 36.4 Å². The van der Waals surface area contributed by atoms with Gasteiger partial charge in [-0.1, -0.05) is 155 Å². The predicted octanol–water partition coefficient (Wildman–Crippen LogP) is 13.8. The Morgan fingerprint density at radius 1 is 0.605 bits per heavy atom. The summed E-state index contributed by atoms with van der Waals surface area (Å²) in [6, 6.07) is 40.2. The quantitative estimate of drug-likeness (QED) is 0.0708. The first-order chi connectivity index (χ1) is 38.7. The van der Waals surface area contributed by atoms with Crippen LogP contribution in [0.25, 0.3) is 0 Å². The van der Waals surface area contributed by atoms with Crippen LogP contribution in [0.4, 0.5) is 17.1 Å². The standard InChI is InChI=1S/C21H22Cl2N2O4S.C21H28Cl2N2O.C20H22Cl2N2O/c1-30(28,29)14-16-4-2-15(3-5-16)6-9-20(26)24-10-11-25(21(27)13-24)17-7-8-18(22)19(23)12-17;1-3-4-12-25(14-15-26-19-8-5-17(2)6-9-19)13-11-24-18-7-10-20(22)21(23)16-18;1-15-4-6-16(7-5-15)3-2-10-23-11-12-24(14-20(23)25)17-8-9-18(21)19(22)13-17/h2-5,7-8,12H,6,9-11,13-14H2,1H3;5-10,16,24H,3-4,11-15H2,1-2H3;4-9,13H,2-3,10-12,14H2,1H3. The Hall–Kier alpha value is -5.22. The molecule has 434 valence electrons. The fraction of sp³-hybridized carbons (Fsp3) is 0.371. The Bertz CT molecular complexity index is 3120. The summed E-state index contributed by atoms with van der Waals surface area (Å²) < 4.78 is 28.6. The average Bonchev–Trinajstić information content (AvgIpc) is 3.56. The van der Waals surface area contributed by atoms with Gasteiger partial charge < -0.3 is 29.7 Å². The number of piperazine rings is 2. The van der Waals surface area contributed by atoms with E-state index in [2.05, 4.69) is 72.3 Å². The maximum Gasteiger partial charge on any atom is 0.246 e. The van der Waals surface area contributed by atoms with Crippen LogP contribution in [0.15, 0.2) is 127 Å². The van der Waals surface area contributed by atoms with Gasteiger partial charge in [-0.05, 0) is 129 Å². The van der Waals surface area contributed by atoms with Crippen LogP contribution in [0.2, 0.25) is 30.1 Å². The van der Waals surface area contributed by atoms with Gasteiger partial charge in [0.2, 0.25) is 17.7 Å². The number of benzene rings is 6. The fourth-order valence-corrected chi connectivity index (χ4v) is 10.7. The minimum absolute atomic E-state index is 0.00255. The summed E-state index contributed by atoms with van der Waals surface area (Å²) in [4.78, 5) is 47.1. The normalized spacial score (nSPS) is 13.6. The van der Waals surface area contributed by atoms with Crippen molar-refractivity contribution in [2.45, 2.75) is 65.0 Å². The van der Waals surface area contributed by atoms with E-state index in [9.17, 15) is 22.8 Å². The smallest absolute Gasteiger partial charge is 0.246 e. The van der Waals surface area contributed by atoms with E-state index in [0.717, 1.165) is 86.9 Å². The minimum atomic E-state index is -3.08. The van der Waals surface area contributed by atoms with E-state index < -0.39 is 9.84 Å². The van der Waals surface area contributed by atoms with Gasteiger partial charge in [0.05, 0.1) is 42.4 Å². The number of halogens is 6. The Balaban J connectivity index is 0.000000197. The summed E-state index contributed by atoms with van der Waals surface area (Å²) in [5.41, 5.74) is 8.11. The SMILES string of the molecule is CCCCN(CCNc1ccc(Cl)c(Cl)c1)CCOc1ccc(C)cc1.CS(=O)(=O)Cc1ccc(CCC(=O)N2CCN(c3ccc(Cl)c(Cl)c3)C(=O)C2)cc1.Cc1ccc(CCCN2CCN(c3ccc(Cl)c(Cl)c3)CC2=O)cc1. The maximum absolute atomic E-state index is 12.6. The van der Waals surface area contributed by atoms with Crippen LogP contribution in [0.5, 0.6) is 5.75 Å². The molecule has 2 heterocycles. The Morgan fingerprint density at radius 2 is 1.19 bits per heavy atom. The van der Waals surface area contributed by atoms with E-state index in [4.69, 9.17) is 74.3 Å². The van der Waals surface area contributed by atoms with Gasteiger partial charge in [-0.3, -0.25) is 19.3 Å². The number of carbonyl (C=O) groups excluding carboxylic acids is 3. The molecule has 81 heavy (non-hydrogen) atoms. The van der Waals surface area contributed by atoms with Crippen molar-refractivity contribution in [1.82, 2.24) is 14.7 Å². The highest BCUT2D eigenvalue weighted by molar-refractivity contribution is 7.89. The molecular formula is C62H72Cl6N6O6S. The number of hydrogen-bond acceptors (Lipinski definition) is 9. The van der Waals surface area contributed by atoms with E-state index in [1.165, 1.54) is 35.8 Å². The van der Waals surface area contributed by atoms with Crippen LogP contribution in [-0.2, 0) is 42.8 Å². The Labute approximate surface area is 509 Å². The second-order valence-electron chi connectivity index (χ2n) is 20.2. The number of aryl methyl sites for hydroxylation is 4. The molecule has 19 heteroatoms. The van der Waals surface area contributed by atoms with Crippen molar-refractivity contribution in [3.05, 3.63) is 185 Å². The van der Waals surface area contributed by atoms with Crippen molar-refractivity contribution in [2.75, 3.05) is 100.0 Å². The molecule has 12 nitrogen and oxygen atoms in total. The van der Waals surface area contributed by atoms with Gasteiger partial charge in [0.15, 0.2) is 9.84 Å². The average molecular weight is 1240 g/mol. The second kappa shape index (κ2) is 32.6. The number of ether oxygens (including phenoxy) is 1.